The lowest BCUT2D eigenvalue weighted by Gasteiger charge is -2.40. The second kappa shape index (κ2) is 6.56. The van der Waals surface area contributed by atoms with Crippen molar-refractivity contribution in [3.8, 4) is 0 Å². The molecule has 0 unspecified atom stereocenters. The highest BCUT2D eigenvalue weighted by Crippen LogP contribution is 2.41. The molecule has 0 N–H and O–H groups in total. The summed E-state index contributed by atoms with van der Waals surface area (Å²) in [4.78, 5) is 25.9. The Morgan fingerprint density at radius 1 is 1.04 bits per heavy atom. The van der Waals surface area contributed by atoms with E-state index in [0.29, 0.717) is 16.9 Å². The summed E-state index contributed by atoms with van der Waals surface area (Å²) >= 11 is 0. The quantitative estimate of drug-likeness (QED) is 0.798. The fraction of sp³-hybridized carbons (Fsp3) is 0.722. The smallest absolute Gasteiger partial charge is 0.272 e. The van der Waals surface area contributed by atoms with Crippen LogP contribution in [0.5, 0.6) is 0 Å². The van der Waals surface area contributed by atoms with Crippen LogP contribution in [0, 0.1) is 19.3 Å². The van der Waals surface area contributed by atoms with Crippen LogP contribution in [-0.4, -0.2) is 58.9 Å². The summed E-state index contributed by atoms with van der Waals surface area (Å²) in [6.07, 6.45) is 6.05. The normalized spacial score (nSPS) is 22.1. The van der Waals surface area contributed by atoms with Crippen molar-refractivity contribution < 1.29 is 4.79 Å². The van der Waals surface area contributed by atoms with Gasteiger partial charge in [0.05, 0.1) is 0 Å². The van der Waals surface area contributed by atoms with Gasteiger partial charge in [-0.2, -0.15) is 0 Å². The first-order valence-corrected chi connectivity index (χ1v) is 8.78. The summed E-state index contributed by atoms with van der Waals surface area (Å²) in [6, 6.07) is 1.81. The van der Waals surface area contributed by atoms with Crippen LogP contribution >= 0.6 is 0 Å². The molecule has 2 saturated heterocycles. The second-order valence-corrected chi connectivity index (χ2v) is 7.39. The van der Waals surface area contributed by atoms with E-state index in [-0.39, 0.29) is 5.91 Å². The maximum Gasteiger partial charge on any atom is 0.272 e. The predicted molar refractivity (Wildman–Crippen MR) is 90.4 cm³/mol. The Morgan fingerprint density at radius 3 is 2.43 bits per heavy atom. The molecular formula is C18H28N4O. The van der Waals surface area contributed by atoms with Gasteiger partial charge in [0.2, 0.25) is 0 Å². The zero-order chi connectivity index (χ0) is 16.4. The van der Waals surface area contributed by atoms with Gasteiger partial charge in [0, 0.05) is 18.8 Å². The number of amides is 1. The Bertz CT molecular complexity index is 558. The number of carbonyl (C=O) groups is 1. The molecule has 1 amide bonds. The summed E-state index contributed by atoms with van der Waals surface area (Å²) in [5.41, 5.74) is 1.87. The number of nitrogens with zero attached hydrogens (tertiary/aromatic N) is 4. The molecule has 1 aromatic heterocycles. The summed E-state index contributed by atoms with van der Waals surface area (Å²) < 4.78 is 0. The van der Waals surface area contributed by atoms with Crippen LogP contribution in [0.3, 0.4) is 0 Å². The van der Waals surface area contributed by atoms with E-state index in [9.17, 15) is 4.79 Å². The van der Waals surface area contributed by atoms with Gasteiger partial charge in [-0.25, -0.2) is 9.97 Å². The van der Waals surface area contributed by atoms with Gasteiger partial charge in [-0.3, -0.25) is 4.79 Å². The van der Waals surface area contributed by atoms with Crippen molar-refractivity contribution in [3.63, 3.8) is 0 Å². The van der Waals surface area contributed by atoms with Crippen molar-refractivity contribution in [1.82, 2.24) is 19.8 Å². The van der Waals surface area contributed by atoms with E-state index in [1.807, 2.05) is 24.8 Å². The van der Waals surface area contributed by atoms with E-state index >= 15 is 0 Å². The number of piperidine rings is 1. The Morgan fingerprint density at radius 2 is 1.74 bits per heavy atom. The zero-order valence-corrected chi connectivity index (χ0v) is 14.6. The van der Waals surface area contributed by atoms with Crippen molar-refractivity contribution in [1.29, 1.82) is 0 Å². The largest absolute Gasteiger partial charge is 0.337 e. The molecule has 2 aliphatic heterocycles. The summed E-state index contributed by atoms with van der Waals surface area (Å²) in [7, 11) is 2.21. The standard InChI is InChI=1S/C18H28N4O/c1-14-13-16(20-15(2)19-14)17(23)22-9-4-5-18(8-12-22)6-10-21(3)11-7-18/h13H,4-12H2,1-3H3. The molecule has 1 aromatic rings. The molecule has 5 heteroatoms. The van der Waals surface area contributed by atoms with Gasteiger partial charge in [-0.05, 0) is 77.6 Å². The van der Waals surface area contributed by atoms with Gasteiger partial charge in [0.25, 0.3) is 5.91 Å². The van der Waals surface area contributed by atoms with E-state index in [1.165, 1.54) is 32.4 Å². The van der Waals surface area contributed by atoms with Crippen LogP contribution in [0.4, 0.5) is 0 Å². The maximum atomic E-state index is 12.8. The monoisotopic (exact) mass is 316 g/mol. The number of carbonyl (C=O) groups excluding carboxylic acids is 1. The lowest BCUT2D eigenvalue weighted by Crippen LogP contribution is -2.39. The molecule has 126 valence electrons. The Hall–Kier alpha value is -1.49. The van der Waals surface area contributed by atoms with Crippen LogP contribution in [0.2, 0.25) is 0 Å². The molecular weight excluding hydrogens is 288 g/mol. The zero-order valence-electron chi connectivity index (χ0n) is 14.6. The molecule has 23 heavy (non-hydrogen) atoms. The number of likely N-dealkylation sites (tertiary alicyclic amines) is 2. The van der Waals surface area contributed by atoms with Crippen LogP contribution in [0.25, 0.3) is 0 Å². The van der Waals surface area contributed by atoms with Crippen LogP contribution in [0.1, 0.15) is 54.1 Å². The fourth-order valence-electron chi connectivity index (χ4n) is 4.04. The molecule has 0 atom stereocenters. The highest BCUT2D eigenvalue weighted by Gasteiger charge is 2.36. The van der Waals surface area contributed by atoms with Crippen LogP contribution in [0.15, 0.2) is 6.07 Å². The molecule has 2 aliphatic rings. The molecule has 0 aliphatic carbocycles. The minimum Gasteiger partial charge on any atom is -0.337 e. The third-order valence-corrected chi connectivity index (χ3v) is 5.57. The highest BCUT2D eigenvalue weighted by atomic mass is 16.2. The number of aryl methyl sites for hydroxylation is 2. The minimum atomic E-state index is 0.0728. The van der Waals surface area contributed by atoms with E-state index in [0.717, 1.165) is 31.6 Å². The van der Waals surface area contributed by atoms with Crippen LogP contribution in [-0.2, 0) is 0 Å². The summed E-state index contributed by atoms with van der Waals surface area (Å²) in [6.45, 7) is 7.88. The first kappa shape index (κ1) is 16.4. The summed E-state index contributed by atoms with van der Waals surface area (Å²) in [5.74, 6) is 0.749. The molecule has 0 aromatic carbocycles. The van der Waals surface area contributed by atoms with E-state index < -0.39 is 0 Å². The average molecular weight is 316 g/mol. The first-order valence-electron chi connectivity index (χ1n) is 8.78. The highest BCUT2D eigenvalue weighted by molar-refractivity contribution is 5.92. The molecule has 3 rings (SSSR count). The topological polar surface area (TPSA) is 49.3 Å². The Kier molecular flexibility index (Phi) is 4.67. The van der Waals surface area contributed by atoms with Gasteiger partial charge in [-0.1, -0.05) is 0 Å². The summed E-state index contributed by atoms with van der Waals surface area (Å²) in [5, 5.41) is 0. The van der Waals surface area contributed by atoms with Crippen molar-refractivity contribution >= 4 is 5.91 Å². The molecule has 1 spiro atoms. The minimum absolute atomic E-state index is 0.0728. The number of hydrogen-bond donors (Lipinski definition) is 0. The van der Waals surface area contributed by atoms with Gasteiger partial charge < -0.3 is 9.80 Å². The first-order chi connectivity index (χ1) is 11.0. The third-order valence-electron chi connectivity index (χ3n) is 5.57. The van der Waals surface area contributed by atoms with E-state index in [2.05, 4.69) is 21.9 Å². The predicted octanol–water partition coefficient (Wildman–Crippen LogP) is 2.43. The van der Waals surface area contributed by atoms with Crippen molar-refractivity contribution in [2.75, 3.05) is 33.2 Å². The third kappa shape index (κ3) is 3.71. The average Bonchev–Trinajstić information content (AvgIpc) is 2.72. The molecule has 5 nitrogen and oxygen atoms in total. The maximum absolute atomic E-state index is 12.8. The van der Waals surface area contributed by atoms with Gasteiger partial charge >= 0.3 is 0 Å². The van der Waals surface area contributed by atoms with Gasteiger partial charge in [0.1, 0.15) is 11.5 Å². The second-order valence-electron chi connectivity index (χ2n) is 7.39. The number of rotatable bonds is 1. The van der Waals surface area contributed by atoms with Crippen LogP contribution < -0.4 is 0 Å². The van der Waals surface area contributed by atoms with Gasteiger partial charge in [0.15, 0.2) is 0 Å². The lowest BCUT2D eigenvalue weighted by molar-refractivity contribution is 0.0728. The lowest BCUT2D eigenvalue weighted by atomic mass is 9.73. The SMILES string of the molecule is Cc1cc(C(=O)N2CCCC3(CCN(C)CC3)CC2)nc(C)n1. The molecule has 2 fully saturated rings. The van der Waals surface area contributed by atoms with Crippen molar-refractivity contribution in [3.05, 3.63) is 23.3 Å². The number of aromatic nitrogens is 2. The molecule has 3 heterocycles. The fourth-order valence-corrected chi connectivity index (χ4v) is 4.04. The van der Waals surface area contributed by atoms with Crippen molar-refractivity contribution in [2.45, 2.75) is 46.0 Å². The number of hydrogen-bond acceptors (Lipinski definition) is 4. The van der Waals surface area contributed by atoms with E-state index in [4.69, 9.17) is 0 Å². The molecule has 0 bridgehead atoms. The Balaban J connectivity index is 1.69. The molecule has 0 radical (unpaired) electrons. The van der Waals surface area contributed by atoms with Gasteiger partial charge in [-0.15, -0.1) is 0 Å². The van der Waals surface area contributed by atoms with Crippen molar-refractivity contribution in [2.24, 2.45) is 5.41 Å². The Labute approximate surface area is 139 Å². The van der Waals surface area contributed by atoms with E-state index in [1.54, 1.807) is 0 Å². The molecule has 0 saturated carbocycles.